The average molecular weight is 419 g/mol. The van der Waals surface area contributed by atoms with Crippen molar-refractivity contribution in [1.29, 1.82) is 0 Å². The van der Waals surface area contributed by atoms with E-state index in [1.54, 1.807) is 14.0 Å². The second kappa shape index (κ2) is 8.53. The number of aryl methyl sites for hydroxylation is 2. The minimum atomic E-state index is -0.0907. The maximum absolute atomic E-state index is 12.0. The van der Waals surface area contributed by atoms with Crippen LogP contribution in [0.2, 0.25) is 0 Å². The first-order chi connectivity index (χ1) is 14.9. The van der Waals surface area contributed by atoms with Gasteiger partial charge in [0.05, 0.1) is 11.4 Å². The van der Waals surface area contributed by atoms with Crippen LogP contribution in [0.5, 0.6) is 0 Å². The van der Waals surface area contributed by atoms with E-state index in [4.69, 9.17) is 4.98 Å². The van der Waals surface area contributed by atoms with Gasteiger partial charge in [0.15, 0.2) is 0 Å². The van der Waals surface area contributed by atoms with Crippen molar-refractivity contribution in [2.75, 3.05) is 20.1 Å². The molecule has 1 fully saturated rings. The molecule has 1 unspecified atom stereocenters. The topological polar surface area (TPSA) is 66.7 Å². The molecule has 6 heteroatoms. The molecule has 4 rings (SSSR count). The molecule has 1 atom stereocenters. The molecule has 0 saturated carbocycles. The Morgan fingerprint density at radius 2 is 2.00 bits per heavy atom. The van der Waals surface area contributed by atoms with Crippen LogP contribution in [0.4, 0.5) is 0 Å². The standard InChI is InChI=1S/C25H30N4O2/c1-16-9-11-29-22(14-19-6-5-10-28(15-19)18(3)30)24(27-23(29)12-16)21-8-7-20(13-17(21)2)25(31)26-4/h7-9,11-13,19H,5-6,10,14-15H2,1-4H3,(H,26,31). The molecule has 0 bridgehead atoms. The van der Waals surface area contributed by atoms with Gasteiger partial charge < -0.3 is 14.6 Å². The molecule has 0 spiro atoms. The predicted octanol–water partition coefficient (Wildman–Crippen LogP) is 3.78. The minimum Gasteiger partial charge on any atom is -0.355 e. The van der Waals surface area contributed by atoms with Gasteiger partial charge in [-0.3, -0.25) is 9.59 Å². The van der Waals surface area contributed by atoms with Gasteiger partial charge in [-0.2, -0.15) is 0 Å². The highest BCUT2D eigenvalue weighted by Crippen LogP contribution is 2.32. The lowest BCUT2D eigenvalue weighted by molar-refractivity contribution is -0.130. The molecule has 162 valence electrons. The summed E-state index contributed by atoms with van der Waals surface area (Å²) in [7, 11) is 1.64. The second-order valence-corrected chi connectivity index (χ2v) is 8.63. The fourth-order valence-corrected chi connectivity index (χ4v) is 4.61. The fraction of sp³-hybridized carbons (Fsp3) is 0.400. The summed E-state index contributed by atoms with van der Waals surface area (Å²) in [5, 5.41) is 2.68. The van der Waals surface area contributed by atoms with E-state index in [-0.39, 0.29) is 11.8 Å². The van der Waals surface area contributed by atoms with Crippen LogP contribution < -0.4 is 5.32 Å². The molecule has 6 nitrogen and oxygen atoms in total. The van der Waals surface area contributed by atoms with E-state index in [0.717, 1.165) is 54.8 Å². The molecule has 2 amide bonds. The van der Waals surface area contributed by atoms with E-state index in [2.05, 4.69) is 35.0 Å². The molecular formula is C25H30N4O2. The summed E-state index contributed by atoms with van der Waals surface area (Å²) in [5.74, 6) is 0.467. The maximum atomic E-state index is 12.0. The molecular weight excluding hydrogens is 388 g/mol. The number of hydrogen-bond donors (Lipinski definition) is 1. The lowest BCUT2D eigenvalue weighted by atomic mass is 9.91. The molecule has 1 N–H and O–H groups in total. The summed E-state index contributed by atoms with van der Waals surface area (Å²) < 4.78 is 2.18. The van der Waals surface area contributed by atoms with Crippen molar-refractivity contribution in [3.63, 3.8) is 0 Å². The minimum absolute atomic E-state index is 0.0907. The second-order valence-electron chi connectivity index (χ2n) is 8.63. The van der Waals surface area contributed by atoms with Crippen LogP contribution in [0.1, 0.15) is 46.9 Å². The van der Waals surface area contributed by atoms with Gasteiger partial charge in [-0.1, -0.05) is 6.07 Å². The predicted molar refractivity (Wildman–Crippen MR) is 122 cm³/mol. The lowest BCUT2D eigenvalue weighted by Crippen LogP contribution is -2.39. The van der Waals surface area contributed by atoms with Crippen molar-refractivity contribution >= 4 is 17.5 Å². The molecule has 31 heavy (non-hydrogen) atoms. The molecule has 0 radical (unpaired) electrons. The number of aromatic nitrogens is 2. The van der Waals surface area contributed by atoms with Crippen LogP contribution in [0.25, 0.3) is 16.9 Å². The number of carbonyl (C=O) groups excluding carboxylic acids is 2. The number of imidazole rings is 1. The number of piperidine rings is 1. The van der Waals surface area contributed by atoms with Gasteiger partial charge in [-0.05, 0) is 74.4 Å². The van der Waals surface area contributed by atoms with Crippen LogP contribution >= 0.6 is 0 Å². The van der Waals surface area contributed by atoms with E-state index in [1.807, 2.05) is 30.0 Å². The van der Waals surface area contributed by atoms with Crippen molar-refractivity contribution < 1.29 is 9.59 Å². The number of fused-ring (bicyclic) bond motifs is 1. The lowest BCUT2D eigenvalue weighted by Gasteiger charge is -2.32. The Labute approximate surface area is 183 Å². The highest BCUT2D eigenvalue weighted by atomic mass is 16.2. The Kier molecular flexibility index (Phi) is 5.81. The zero-order chi connectivity index (χ0) is 22.1. The van der Waals surface area contributed by atoms with Gasteiger partial charge in [0.1, 0.15) is 5.65 Å². The Hall–Kier alpha value is -3.15. The third-order valence-electron chi connectivity index (χ3n) is 6.30. The van der Waals surface area contributed by atoms with Gasteiger partial charge in [-0.15, -0.1) is 0 Å². The van der Waals surface area contributed by atoms with Gasteiger partial charge in [0, 0.05) is 44.4 Å². The summed E-state index contributed by atoms with van der Waals surface area (Å²) in [6, 6.07) is 9.99. The van der Waals surface area contributed by atoms with E-state index in [0.29, 0.717) is 11.5 Å². The first-order valence-electron chi connectivity index (χ1n) is 10.9. The van der Waals surface area contributed by atoms with Crippen molar-refractivity contribution in [3.05, 3.63) is 58.9 Å². The molecule has 1 aliphatic heterocycles. The Bertz CT molecular complexity index is 1150. The van der Waals surface area contributed by atoms with Crippen molar-refractivity contribution in [3.8, 4) is 11.3 Å². The van der Waals surface area contributed by atoms with Crippen LogP contribution in [0.3, 0.4) is 0 Å². The first kappa shape index (κ1) is 21.1. The van der Waals surface area contributed by atoms with Gasteiger partial charge >= 0.3 is 0 Å². The molecule has 1 saturated heterocycles. The number of rotatable bonds is 4. The van der Waals surface area contributed by atoms with Crippen molar-refractivity contribution in [2.45, 2.75) is 40.0 Å². The third kappa shape index (κ3) is 4.20. The van der Waals surface area contributed by atoms with E-state index in [1.165, 1.54) is 11.3 Å². The monoisotopic (exact) mass is 418 g/mol. The third-order valence-corrected chi connectivity index (χ3v) is 6.30. The van der Waals surface area contributed by atoms with Gasteiger partial charge in [0.25, 0.3) is 5.91 Å². The molecule has 1 aliphatic rings. The highest BCUT2D eigenvalue weighted by molar-refractivity contribution is 5.95. The van der Waals surface area contributed by atoms with E-state index >= 15 is 0 Å². The smallest absolute Gasteiger partial charge is 0.251 e. The quantitative estimate of drug-likeness (QED) is 0.701. The number of benzene rings is 1. The number of nitrogens with one attached hydrogen (secondary N) is 1. The van der Waals surface area contributed by atoms with Crippen LogP contribution in [0.15, 0.2) is 36.5 Å². The SMILES string of the molecule is CNC(=O)c1ccc(-c2nc3cc(C)ccn3c2CC2CCCN(C(C)=O)C2)c(C)c1. The van der Waals surface area contributed by atoms with Crippen LogP contribution in [-0.2, 0) is 11.2 Å². The largest absolute Gasteiger partial charge is 0.355 e. The maximum Gasteiger partial charge on any atom is 0.251 e. The molecule has 3 aromatic rings. The zero-order valence-corrected chi connectivity index (χ0v) is 18.7. The fourth-order valence-electron chi connectivity index (χ4n) is 4.61. The zero-order valence-electron chi connectivity index (χ0n) is 18.7. The normalized spacial score (nSPS) is 16.5. The number of nitrogens with zero attached hydrogens (tertiary/aromatic N) is 3. The summed E-state index contributed by atoms with van der Waals surface area (Å²) in [6.07, 6.45) is 5.10. The van der Waals surface area contributed by atoms with E-state index in [9.17, 15) is 9.59 Å². The summed E-state index contributed by atoms with van der Waals surface area (Å²) >= 11 is 0. The average Bonchev–Trinajstić information content (AvgIpc) is 3.10. The number of likely N-dealkylation sites (tertiary alicyclic amines) is 1. The Balaban J connectivity index is 1.77. The van der Waals surface area contributed by atoms with Crippen LogP contribution in [-0.4, -0.2) is 46.2 Å². The molecule has 1 aromatic carbocycles. The van der Waals surface area contributed by atoms with Crippen molar-refractivity contribution in [2.24, 2.45) is 5.92 Å². The number of hydrogen-bond acceptors (Lipinski definition) is 3. The highest BCUT2D eigenvalue weighted by Gasteiger charge is 2.25. The van der Waals surface area contributed by atoms with Crippen LogP contribution in [0, 0.1) is 19.8 Å². The van der Waals surface area contributed by atoms with Gasteiger partial charge in [-0.25, -0.2) is 4.98 Å². The Morgan fingerprint density at radius 1 is 1.19 bits per heavy atom. The summed E-state index contributed by atoms with van der Waals surface area (Å²) in [6.45, 7) is 7.40. The summed E-state index contributed by atoms with van der Waals surface area (Å²) in [5.41, 5.74) is 6.95. The first-order valence-corrected chi connectivity index (χ1v) is 10.9. The summed E-state index contributed by atoms with van der Waals surface area (Å²) in [4.78, 5) is 30.9. The van der Waals surface area contributed by atoms with E-state index < -0.39 is 0 Å². The van der Waals surface area contributed by atoms with Crippen molar-refractivity contribution in [1.82, 2.24) is 19.6 Å². The number of pyridine rings is 1. The van der Waals surface area contributed by atoms with Gasteiger partial charge in [0.2, 0.25) is 5.91 Å². The molecule has 2 aromatic heterocycles. The number of amides is 2. The Morgan fingerprint density at radius 3 is 2.71 bits per heavy atom. The molecule has 3 heterocycles. The number of carbonyl (C=O) groups is 2. The molecule has 0 aliphatic carbocycles.